The van der Waals surface area contributed by atoms with Crippen molar-refractivity contribution in [2.45, 2.75) is 37.9 Å². The zero-order valence-electron chi connectivity index (χ0n) is 13.8. The fourth-order valence-corrected chi connectivity index (χ4v) is 3.63. The average molecular weight is 322 g/mol. The zero-order chi connectivity index (χ0) is 16.6. The van der Waals surface area contributed by atoms with Gasteiger partial charge in [0.05, 0.1) is 0 Å². The Morgan fingerprint density at radius 3 is 2.52 bits per heavy atom. The first-order valence-electron chi connectivity index (χ1n) is 8.30. The van der Waals surface area contributed by atoms with Gasteiger partial charge in [-0.3, -0.25) is 9.69 Å². The number of amides is 1. The highest BCUT2D eigenvalue weighted by Crippen LogP contribution is 2.49. The van der Waals surface area contributed by atoms with E-state index in [0.29, 0.717) is 17.7 Å². The second-order valence-electron chi connectivity index (χ2n) is 7.09. The van der Waals surface area contributed by atoms with Gasteiger partial charge < -0.3 is 4.90 Å². The van der Waals surface area contributed by atoms with Crippen molar-refractivity contribution in [2.24, 2.45) is 5.92 Å². The van der Waals surface area contributed by atoms with Crippen LogP contribution in [-0.4, -0.2) is 42.9 Å². The van der Waals surface area contributed by atoms with Crippen LogP contribution in [0.25, 0.3) is 0 Å². The molecule has 2 aliphatic rings. The lowest BCUT2D eigenvalue weighted by Gasteiger charge is -2.41. The number of carbonyl (C=O) groups excluding carboxylic acids is 1. The lowest BCUT2D eigenvalue weighted by atomic mass is 9.68. The molecule has 0 spiro atoms. The molecule has 1 amide bonds. The summed E-state index contributed by atoms with van der Waals surface area (Å²) in [7, 11) is 3.35. The SMILES string of the molecule is CN(C)C(=O)[C@H]1C[C@@](F)(c2ccc(CN3CCCC3)c(F)c2)C1. The van der Waals surface area contributed by atoms with Crippen LogP contribution >= 0.6 is 0 Å². The summed E-state index contributed by atoms with van der Waals surface area (Å²) in [6.07, 6.45) is 2.62. The predicted octanol–water partition coefficient (Wildman–Crippen LogP) is 3.08. The summed E-state index contributed by atoms with van der Waals surface area (Å²) in [4.78, 5) is 15.5. The van der Waals surface area contributed by atoms with E-state index in [0.717, 1.165) is 25.9 Å². The number of halogens is 2. The molecule has 1 heterocycles. The van der Waals surface area contributed by atoms with Gasteiger partial charge in [-0.15, -0.1) is 0 Å². The summed E-state index contributed by atoms with van der Waals surface area (Å²) in [5, 5.41) is 0. The second-order valence-corrected chi connectivity index (χ2v) is 7.09. The number of carbonyl (C=O) groups is 1. The number of nitrogens with zero attached hydrogens (tertiary/aromatic N) is 2. The third-order valence-electron chi connectivity index (χ3n) is 5.09. The van der Waals surface area contributed by atoms with E-state index in [1.165, 1.54) is 11.0 Å². The molecule has 1 aliphatic heterocycles. The van der Waals surface area contributed by atoms with Crippen LogP contribution in [0.4, 0.5) is 8.78 Å². The first-order valence-corrected chi connectivity index (χ1v) is 8.30. The van der Waals surface area contributed by atoms with E-state index in [4.69, 9.17) is 0 Å². The first-order chi connectivity index (χ1) is 10.9. The van der Waals surface area contributed by atoms with Crippen LogP contribution in [0.15, 0.2) is 18.2 Å². The molecule has 0 aromatic heterocycles. The minimum atomic E-state index is -1.57. The molecule has 1 aliphatic carbocycles. The van der Waals surface area contributed by atoms with Crippen molar-refractivity contribution >= 4 is 5.91 Å². The molecule has 1 saturated carbocycles. The minimum absolute atomic E-state index is 0.0515. The fourth-order valence-electron chi connectivity index (χ4n) is 3.63. The van der Waals surface area contributed by atoms with Crippen molar-refractivity contribution in [3.63, 3.8) is 0 Å². The lowest BCUT2D eigenvalue weighted by molar-refractivity contribution is -0.142. The summed E-state index contributed by atoms with van der Waals surface area (Å²) in [5.74, 6) is -0.680. The first kappa shape index (κ1) is 16.4. The molecule has 3 nitrogen and oxygen atoms in total. The van der Waals surface area contributed by atoms with Gasteiger partial charge >= 0.3 is 0 Å². The van der Waals surface area contributed by atoms with Gasteiger partial charge in [-0.2, -0.15) is 0 Å². The summed E-state index contributed by atoms with van der Waals surface area (Å²) in [6, 6.07) is 4.71. The highest BCUT2D eigenvalue weighted by Gasteiger charge is 2.49. The van der Waals surface area contributed by atoms with E-state index in [-0.39, 0.29) is 30.5 Å². The molecule has 2 fully saturated rings. The van der Waals surface area contributed by atoms with E-state index in [1.807, 2.05) is 0 Å². The maximum absolute atomic E-state index is 14.9. The maximum atomic E-state index is 14.9. The van der Waals surface area contributed by atoms with Gasteiger partial charge in [-0.05, 0) is 50.4 Å². The van der Waals surface area contributed by atoms with Crippen molar-refractivity contribution in [2.75, 3.05) is 27.2 Å². The Hall–Kier alpha value is -1.49. The van der Waals surface area contributed by atoms with Gasteiger partial charge in [0.2, 0.25) is 5.91 Å². The van der Waals surface area contributed by atoms with Gasteiger partial charge in [0.15, 0.2) is 0 Å². The summed E-state index contributed by atoms with van der Waals surface area (Å²) < 4.78 is 29.2. The van der Waals surface area contributed by atoms with Crippen molar-refractivity contribution in [3.8, 4) is 0 Å². The van der Waals surface area contributed by atoms with E-state index in [1.54, 1.807) is 26.2 Å². The number of alkyl halides is 1. The van der Waals surface area contributed by atoms with Crippen molar-refractivity contribution in [1.82, 2.24) is 9.80 Å². The Balaban J connectivity index is 1.67. The molecule has 23 heavy (non-hydrogen) atoms. The van der Waals surface area contributed by atoms with Crippen LogP contribution in [0.1, 0.15) is 36.8 Å². The van der Waals surface area contributed by atoms with Crippen LogP contribution in [-0.2, 0) is 17.0 Å². The topological polar surface area (TPSA) is 23.6 Å². The van der Waals surface area contributed by atoms with Crippen LogP contribution in [0.5, 0.6) is 0 Å². The Morgan fingerprint density at radius 2 is 1.96 bits per heavy atom. The van der Waals surface area contributed by atoms with E-state index in [9.17, 15) is 13.6 Å². The van der Waals surface area contributed by atoms with E-state index < -0.39 is 5.67 Å². The second kappa shape index (κ2) is 6.19. The van der Waals surface area contributed by atoms with Crippen LogP contribution in [0.3, 0.4) is 0 Å². The van der Waals surface area contributed by atoms with Crippen molar-refractivity contribution in [3.05, 3.63) is 35.1 Å². The molecule has 0 unspecified atom stereocenters. The molecular weight excluding hydrogens is 298 g/mol. The fraction of sp³-hybridized carbons (Fsp3) is 0.611. The molecule has 1 aromatic rings. The normalized spacial score (nSPS) is 27.7. The highest BCUT2D eigenvalue weighted by molar-refractivity contribution is 5.79. The molecular formula is C18H24F2N2O. The summed E-state index contributed by atoms with van der Waals surface area (Å²) in [6.45, 7) is 2.60. The third-order valence-corrected chi connectivity index (χ3v) is 5.09. The molecule has 0 atom stereocenters. The van der Waals surface area contributed by atoms with E-state index in [2.05, 4.69) is 4.90 Å². The quantitative estimate of drug-likeness (QED) is 0.850. The molecule has 126 valence electrons. The van der Waals surface area contributed by atoms with E-state index >= 15 is 0 Å². The van der Waals surface area contributed by atoms with Gasteiger partial charge in [0.25, 0.3) is 0 Å². The lowest BCUT2D eigenvalue weighted by Crippen LogP contribution is -2.45. The zero-order valence-corrected chi connectivity index (χ0v) is 13.8. The van der Waals surface area contributed by atoms with Gasteiger partial charge in [-0.1, -0.05) is 12.1 Å². The van der Waals surface area contributed by atoms with Crippen LogP contribution < -0.4 is 0 Å². The molecule has 3 rings (SSSR count). The van der Waals surface area contributed by atoms with Crippen LogP contribution in [0.2, 0.25) is 0 Å². The number of hydrogen-bond acceptors (Lipinski definition) is 2. The predicted molar refractivity (Wildman–Crippen MR) is 85.1 cm³/mol. The molecule has 5 heteroatoms. The Labute approximate surface area is 136 Å². The smallest absolute Gasteiger partial charge is 0.225 e. The maximum Gasteiger partial charge on any atom is 0.225 e. The Morgan fingerprint density at radius 1 is 1.30 bits per heavy atom. The van der Waals surface area contributed by atoms with Crippen molar-refractivity contribution in [1.29, 1.82) is 0 Å². The molecule has 1 aromatic carbocycles. The molecule has 0 bridgehead atoms. The van der Waals surface area contributed by atoms with Gasteiger partial charge in [0, 0.05) is 32.1 Å². The number of hydrogen-bond donors (Lipinski definition) is 0. The number of likely N-dealkylation sites (tertiary alicyclic amines) is 1. The Bertz CT molecular complexity index is 591. The standard InChI is InChI=1S/C18H24F2N2O/c1-21(2)17(23)14-10-18(20,11-14)15-6-5-13(16(19)9-15)12-22-7-3-4-8-22/h5-6,9,14H,3-4,7-8,10-12H2,1-2H3/t14-,18-. The summed E-state index contributed by atoms with van der Waals surface area (Å²) >= 11 is 0. The van der Waals surface area contributed by atoms with Crippen LogP contribution in [0, 0.1) is 11.7 Å². The summed E-state index contributed by atoms with van der Waals surface area (Å²) in [5.41, 5.74) is -0.578. The monoisotopic (exact) mass is 322 g/mol. The largest absolute Gasteiger partial charge is 0.349 e. The number of rotatable bonds is 4. The van der Waals surface area contributed by atoms with Crippen molar-refractivity contribution < 1.29 is 13.6 Å². The number of benzene rings is 1. The molecule has 0 N–H and O–H groups in total. The van der Waals surface area contributed by atoms with Gasteiger partial charge in [0.1, 0.15) is 11.5 Å². The Kier molecular flexibility index (Phi) is 4.41. The minimum Gasteiger partial charge on any atom is -0.349 e. The van der Waals surface area contributed by atoms with Gasteiger partial charge in [-0.25, -0.2) is 8.78 Å². The third kappa shape index (κ3) is 3.25. The molecule has 0 radical (unpaired) electrons. The highest BCUT2D eigenvalue weighted by atomic mass is 19.1. The molecule has 1 saturated heterocycles. The average Bonchev–Trinajstić information content (AvgIpc) is 2.98.